The van der Waals surface area contributed by atoms with Crippen molar-refractivity contribution in [2.24, 2.45) is 15.0 Å². The molecule has 136 valence electrons. The molecule has 0 spiro atoms. The zero-order chi connectivity index (χ0) is 18.1. The summed E-state index contributed by atoms with van der Waals surface area (Å²) in [6.45, 7) is 5.96. The van der Waals surface area contributed by atoms with Crippen LogP contribution in [0, 0.1) is 0 Å². The molecule has 26 heavy (non-hydrogen) atoms. The maximum atomic E-state index is 6.16. The molecule has 6 nitrogen and oxygen atoms in total. The summed E-state index contributed by atoms with van der Waals surface area (Å²) in [7, 11) is 2.15. The minimum Gasteiger partial charge on any atom is -0.351 e. The molecule has 0 aromatic heterocycles. The van der Waals surface area contributed by atoms with E-state index in [1.54, 1.807) is 0 Å². The van der Waals surface area contributed by atoms with Crippen LogP contribution in [0.15, 0.2) is 45.4 Å². The summed E-state index contributed by atoms with van der Waals surface area (Å²) in [5.74, 6) is 2.26. The molecule has 0 bridgehead atoms. The molecule has 4 rings (SSSR count). The number of alkyl halides is 1. The second-order valence-corrected chi connectivity index (χ2v) is 7.03. The average molecular weight is 371 g/mol. The highest BCUT2D eigenvalue weighted by atomic mass is 35.5. The largest absolute Gasteiger partial charge is 0.351 e. The lowest BCUT2D eigenvalue weighted by atomic mass is 10.0. The third kappa shape index (κ3) is 3.15. The van der Waals surface area contributed by atoms with Crippen LogP contribution in [0.2, 0.25) is 0 Å². The zero-order valence-electron chi connectivity index (χ0n) is 15.1. The summed E-state index contributed by atoms with van der Waals surface area (Å²) in [6.07, 6.45) is 3.69. The van der Waals surface area contributed by atoms with E-state index in [9.17, 15) is 0 Å². The predicted octanol–water partition coefficient (Wildman–Crippen LogP) is 2.47. The number of benzene rings is 1. The molecular weight excluding hydrogens is 348 g/mol. The number of amidine groups is 2. The van der Waals surface area contributed by atoms with Crippen molar-refractivity contribution in [3.05, 3.63) is 41.6 Å². The Bertz CT molecular complexity index is 804. The summed E-state index contributed by atoms with van der Waals surface area (Å²) in [4.78, 5) is 20.8. The Morgan fingerprint density at radius 1 is 1.12 bits per heavy atom. The molecule has 1 saturated heterocycles. The molecule has 0 amide bonds. The van der Waals surface area contributed by atoms with Gasteiger partial charge in [-0.3, -0.25) is 4.90 Å². The summed E-state index contributed by atoms with van der Waals surface area (Å²) in [5, 5.41) is 0. The first-order valence-electron chi connectivity index (χ1n) is 8.94. The summed E-state index contributed by atoms with van der Waals surface area (Å²) in [6, 6.07) is 8.14. The van der Waals surface area contributed by atoms with Gasteiger partial charge in [0.05, 0.1) is 18.2 Å². The summed E-state index contributed by atoms with van der Waals surface area (Å²) in [5.41, 5.74) is 3.11. The van der Waals surface area contributed by atoms with Crippen LogP contribution in [0.4, 0.5) is 0 Å². The third-order valence-electron chi connectivity index (χ3n) is 4.94. The van der Waals surface area contributed by atoms with Crippen LogP contribution in [0.1, 0.15) is 18.1 Å². The van der Waals surface area contributed by atoms with Gasteiger partial charge in [-0.15, -0.1) is 11.6 Å². The van der Waals surface area contributed by atoms with Crippen molar-refractivity contribution >= 4 is 35.3 Å². The van der Waals surface area contributed by atoms with E-state index < -0.39 is 0 Å². The van der Waals surface area contributed by atoms with E-state index in [0.29, 0.717) is 5.88 Å². The number of rotatable bonds is 2. The van der Waals surface area contributed by atoms with Gasteiger partial charge in [-0.2, -0.15) is 0 Å². The molecule has 3 heterocycles. The predicted molar refractivity (Wildman–Crippen MR) is 108 cm³/mol. The number of nitrogens with zero attached hydrogens (tertiary/aromatic N) is 6. The fourth-order valence-corrected chi connectivity index (χ4v) is 3.63. The van der Waals surface area contributed by atoms with E-state index in [1.165, 1.54) is 0 Å². The lowest BCUT2D eigenvalue weighted by Gasteiger charge is -2.39. The molecule has 1 atom stereocenters. The highest BCUT2D eigenvalue weighted by Crippen LogP contribution is 2.28. The molecule has 0 saturated carbocycles. The minimum atomic E-state index is -0.0958. The average Bonchev–Trinajstić information content (AvgIpc) is 2.68. The molecule has 1 aromatic rings. The van der Waals surface area contributed by atoms with Gasteiger partial charge in [0.2, 0.25) is 0 Å². The summed E-state index contributed by atoms with van der Waals surface area (Å²) >= 11 is 6.16. The Labute approximate surface area is 159 Å². The molecule has 3 aliphatic rings. The van der Waals surface area contributed by atoms with Crippen LogP contribution in [-0.2, 0) is 5.88 Å². The fourth-order valence-electron chi connectivity index (χ4n) is 3.40. The molecular formula is C19H23ClN6. The molecule has 0 aliphatic carbocycles. The van der Waals surface area contributed by atoms with E-state index in [4.69, 9.17) is 21.6 Å². The van der Waals surface area contributed by atoms with Crippen LogP contribution in [0.5, 0.6) is 0 Å². The number of fused-ring (bicyclic) bond motifs is 1. The fraction of sp³-hybridized carbons (Fsp3) is 0.421. The number of halogens is 1. The third-order valence-corrected chi connectivity index (χ3v) is 5.23. The quantitative estimate of drug-likeness (QED) is 0.751. The monoisotopic (exact) mass is 370 g/mol. The van der Waals surface area contributed by atoms with Gasteiger partial charge < -0.3 is 9.80 Å². The standard InChI is InChI=1S/C19H23ClN6/c1-14-22-13-26-17(16-6-4-3-5-15(16)11-20)12-21-18(19(26)23-14)25-9-7-24(2)8-10-25/h3-6,12-14H,7-11H2,1-2H3. The number of aliphatic imine (C=N–C) groups is 3. The number of hydrogen-bond donors (Lipinski definition) is 0. The van der Waals surface area contributed by atoms with E-state index in [0.717, 1.165) is 54.7 Å². The van der Waals surface area contributed by atoms with Crippen LogP contribution < -0.4 is 0 Å². The van der Waals surface area contributed by atoms with Crippen LogP contribution in [-0.4, -0.2) is 72.1 Å². The van der Waals surface area contributed by atoms with Gasteiger partial charge in [0.15, 0.2) is 11.7 Å². The van der Waals surface area contributed by atoms with Crippen molar-refractivity contribution in [2.75, 3.05) is 33.2 Å². The molecule has 1 unspecified atom stereocenters. The number of piperazine rings is 1. The highest BCUT2D eigenvalue weighted by molar-refractivity contribution is 6.44. The maximum Gasteiger partial charge on any atom is 0.179 e. The SMILES string of the molecule is CC1N=CN2C(c3ccccc3CCl)=CN=C(N3CCN(C)CC3)C2=N1. The van der Waals surface area contributed by atoms with Crippen molar-refractivity contribution in [1.82, 2.24) is 14.7 Å². The topological polar surface area (TPSA) is 46.8 Å². The Morgan fingerprint density at radius 2 is 1.88 bits per heavy atom. The first kappa shape index (κ1) is 17.2. The molecule has 3 aliphatic heterocycles. The van der Waals surface area contributed by atoms with Gasteiger partial charge in [-0.25, -0.2) is 15.0 Å². The molecule has 1 aromatic carbocycles. The van der Waals surface area contributed by atoms with E-state index in [2.05, 4.69) is 27.9 Å². The van der Waals surface area contributed by atoms with Crippen molar-refractivity contribution in [3.63, 3.8) is 0 Å². The van der Waals surface area contributed by atoms with Crippen molar-refractivity contribution in [2.45, 2.75) is 19.0 Å². The molecule has 0 N–H and O–H groups in total. The van der Waals surface area contributed by atoms with E-state index in [-0.39, 0.29) is 6.17 Å². The highest BCUT2D eigenvalue weighted by Gasteiger charge is 2.32. The Kier molecular flexibility index (Phi) is 4.78. The van der Waals surface area contributed by atoms with E-state index >= 15 is 0 Å². The first-order valence-corrected chi connectivity index (χ1v) is 9.47. The Hall–Kier alpha value is -2.18. The van der Waals surface area contributed by atoms with Gasteiger partial charge >= 0.3 is 0 Å². The molecule has 7 heteroatoms. The van der Waals surface area contributed by atoms with Crippen LogP contribution in [0.3, 0.4) is 0 Å². The summed E-state index contributed by atoms with van der Waals surface area (Å²) < 4.78 is 0. The number of hydrogen-bond acceptors (Lipinski definition) is 6. The van der Waals surface area contributed by atoms with Crippen molar-refractivity contribution in [1.29, 1.82) is 0 Å². The van der Waals surface area contributed by atoms with Gasteiger partial charge in [0.25, 0.3) is 0 Å². The number of likely N-dealkylation sites (N-methyl/N-ethyl adjacent to an activating group) is 1. The van der Waals surface area contributed by atoms with Gasteiger partial charge in [-0.05, 0) is 19.5 Å². The van der Waals surface area contributed by atoms with Gasteiger partial charge in [0.1, 0.15) is 6.17 Å². The normalized spacial score (nSPS) is 23.3. The maximum absolute atomic E-state index is 6.16. The first-order chi connectivity index (χ1) is 12.7. The Morgan fingerprint density at radius 3 is 2.65 bits per heavy atom. The zero-order valence-corrected chi connectivity index (χ0v) is 15.9. The second kappa shape index (κ2) is 7.21. The van der Waals surface area contributed by atoms with E-state index in [1.807, 2.05) is 42.6 Å². The van der Waals surface area contributed by atoms with Crippen LogP contribution in [0.25, 0.3) is 5.70 Å². The van der Waals surface area contributed by atoms with Crippen molar-refractivity contribution in [3.8, 4) is 0 Å². The molecule has 1 fully saturated rings. The molecule has 0 radical (unpaired) electrons. The smallest absolute Gasteiger partial charge is 0.179 e. The van der Waals surface area contributed by atoms with Crippen LogP contribution >= 0.6 is 11.6 Å². The van der Waals surface area contributed by atoms with Crippen molar-refractivity contribution < 1.29 is 0 Å². The second-order valence-electron chi connectivity index (χ2n) is 6.77. The Balaban J connectivity index is 1.75. The lowest BCUT2D eigenvalue weighted by molar-refractivity contribution is 0.216. The minimum absolute atomic E-state index is 0.0958. The van der Waals surface area contributed by atoms with Gasteiger partial charge in [0, 0.05) is 37.6 Å². The van der Waals surface area contributed by atoms with Gasteiger partial charge in [-0.1, -0.05) is 24.3 Å². The lowest BCUT2D eigenvalue weighted by Crippen LogP contribution is -2.53.